The van der Waals surface area contributed by atoms with E-state index < -0.39 is 0 Å². The highest BCUT2D eigenvalue weighted by molar-refractivity contribution is 7.17. The van der Waals surface area contributed by atoms with Crippen LogP contribution in [0.3, 0.4) is 0 Å². The predicted octanol–water partition coefficient (Wildman–Crippen LogP) is 5.43. The van der Waals surface area contributed by atoms with Crippen LogP contribution in [0.25, 0.3) is 10.6 Å². The Balaban J connectivity index is 1.45. The minimum absolute atomic E-state index is 0.130. The van der Waals surface area contributed by atoms with Crippen LogP contribution < -0.4 is 5.32 Å². The second kappa shape index (κ2) is 8.73. The van der Waals surface area contributed by atoms with E-state index in [1.165, 1.54) is 53.1 Å². The van der Waals surface area contributed by atoms with Gasteiger partial charge in [0.05, 0.1) is 11.4 Å². The third kappa shape index (κ3) is 4.74. The molecule has 1 aromatic carbocycles. The van der Waals surface area contributed by atoms with Crippen molar-refractivity contribution in [3.05, 3.63) is 51.0 Å². The van der Waals surface area contributed by atoms with Crippen LogP contribution in [-0.4, -0.2) is 33.9 Å². The van der Waals surface area contributed by atoms with Gasteiger partial charge in [-0.3, -0.25) is 15.0 Å². The molecule has 5 nitrogen and oxygen atoms in total. The molecule has 4 rings (SSSR count). The zero-order valence-electron chi connectivity index (χ0n) is 17.1. The highest BCUT2D eigenvalue weighted by Gasteiger charge is 2.19. The molecule has 7 heteroatoms. The van der Waals surface area contributed by atoms with Crippen molar-refractivity contribution < 1.29 is 4.79 Å². The van der Waals surface area contributed by atoms with E-state index in [4.69, 9.17) is 0 Å². The standard InChI is InChI=1S/C22H26N4OS2/c1-14-7-8-18(15(2)11-14)21-23-16(3)19(29-21)20(27)25-22-24-17(13-28-22)12-26-9-5-4-6-10-26/h7-8,11,13H,4-6,9-10,12H2,1-3H3,(H,24,25,27). The summed E-state index contributed by atoms with van der Waals surface area (Å²) in [7, 11) is 0. The van der Waals surface area contributed by atoms with E-state index >= 15 is 0 Å². The Morgan fingerprint density at radius 1 is 1.14 bits per heavy atom. The van der Waals surface area contributed by atoms with E-state index in [1.54, 1.807) is 0 Å². The van der Waals surface area contributed by atoms with Crippen LogP contribution >= 0.6 is 22.7 Å². The fraction of sp³-hybridized carbons (Fsp3) is 0.409. The average molecular weight is 427 g/mol. The Labute approximate surface area is 179 Å². The van der Waals surface area contributed by atoms with Crippen molar-refractivity contribution in [3.8, 4) is 10.6 Å². The van der Waals surface area contributed by atoms with E-state index in [1.807, 2.05) is 12.3 Å². The molecule has 0 aliphatic carbocycles. The molecule has 1 N–H and O–H groups in total. The van der Waals surface area contributed by atoms with Crippen LogP contribution in [0.15, 0.2) is 23.6 Å². The molecular formula is C22H26N4OS2. The lowest BCUT2D eigenvalue weighted by atomic mass is 10.1. The monoisotopic (exact) mass is 426 g/mol. The molecule has 0 unspecified atom stereocenters. The maximum atomic E-state index is 12.8. The Bertz CT molecular complexity index is 1020. The minimum Gasteiger partial charge on any atom is -0.297 e. The number of piperidine rings is 1. The number of anilines is 1. The first-order chi connectivity index (χ1) is 14.0. The summed E-state index contributed by atoms with van der Waals surface area (Å²) in [5, 5.41) is 6.55. The number of nitrogens with zero attached hydrogens (tertiary/aromatic N) is 3. The van der Waals surface area contributed by atoms with E-state index in [9.17, 15) is 4.79 Å². The van der Waals surface area contributed by atoms with Crippen molar-refractivity contribution in [1.82, 2.24) is 14.9 Å². The molecule has 0 spiro atoms. The molecule has 1 aliphatic heterocycles. The number of aryl methyl sites for hydroxylation is 3. The summed E-state index contributed by atoms with van der Waals surface area (Å²) >= 11 is 2.93. The van der Waals surface area contributed by atoms with Crippen molar-refractivity contribution in [2.75, 3.05) is 18.4 Å². The van der Waals surface area contributed by atoms with Gasteiger partial charge >= 0.3 is 0 Å². The van der Waals surface area contributed by atoms with Gasteiger partial charge in [0.15, 0.2) is 5.13 Å². The van der Waals surface area contributed by atoms with Crippen molar-refractivity contribution in [2.45, 2.75) is 46.6 Å². The normalized spacial score (nSPS) is 14.9. The molecule has 0 bridgehead atoms. The molecule has 152 valence electrons. The molecule has 1 aliphatic rings. The second-order valence-electron chi connectivity index (χ2n) is 7.69. The zero-order valence-corrected chi connectivity index (χ0v) is 18.8. The molecule has 29 heavy (non-hydrogen) atoms. The summed E-state index contributed by atoms with van der Waals surface area (Å²) in [6, 6.07) is 6.31. The molecule has 2 aromatic heterocycles. The lowest BCUT2D eigenvalue weighted by molar-refractivity contribution is 0.103. The fourth-order valence-corrected chi connectivity index (χ4v) is 5.46. The van der Waals surface area contributed by atoms with Crippen molar-refractivity contribution in [3.63, 3.8) is 0 Å². The number of likely N-dealkylation sites (tertiary alicyclic amines) is 1. The molecule has 0 saturated carbocycles. The SMILES string of the molecule is Cc1ccc(-c2nc(C)c(C(=O)Nc3nc(CN4CCCCC4)cs3)s2)c(C)c1. The Morgan fingerprint density at radius 2 is 1.93 bits per heavy atom. The van der Waals surface area contributed by atoms with Gasteiger partial charge in [-0.2, -0.15) is 0 Å². The Morgan fingerprint density at radius 3 is 2.69 bits per heavy atom. The molecule has 0 radical (unpaired) electrons. The predicted molar refractivity (Wildman–Crippen MR) is 121 cm³/mol. The second-order valence-corrected chi connectivity index (χ2v) is 9.54. The lowest BCUT2D eigenvalue weighted by Crippen LogP contribution is -2.29. The summed E-state index contributed by atoms with van der Waals surface area (Å²) < 4.78 is 0. The quantitative estimate of drug-likeness (QED) is 0.591. The van der Waals surface area contributed by atoms with Gasteiger partial charge in [-0.15, -0.1) is 22.7 Å². The first kappa shape index (κ1) is 20.2. The number of carbonyl (C=O) groups is 1. The number of hydrogen-bond acceptors (Lipinski definition) is 6. The van der Waals surface area contributed by atoms with Gasteiger partial charge in [-0.25, -0.2) is 9.97 Å². The number of amides is 1. The van der Waals surface area contributed by atoms with Crippen LogP contribution in [-0.2, 0) is 6.54 Å². The van der Waals surface area contributed by atoms with Gasteiger partial charge in [-0.1, -0.05) is 30.2 Å². The number of nitrogens with one attached hydrogen (secondary N) is 1. The van der Waals surface area contributed by atoms with Crippen molar-refractivity contribution >= 4 is 33.7 Å². The van der Waals surface area contributed by atoms with Crippen LogP contribution in [0.5, 0.6) is 0 Å². The van der Waals surface area contributed by atoms with Crippen LogP contribution in [0.1, 0.15) is 51.4 Å². The van der Waals surface area contributed by atoms with Gasteiger partial charge < -0.3 is 0 Å². The highest BCUT2D eigenvalue weighted by atomic mass is 32.1. The Hall–Kier alpha value is -2.09. The Kier molecular flexibility index (Phi) is 6.08. The summed E-state index contributed by atoms with van der Waals surface area (Å²) in [5.74, 6) is -0.130. The zero-order chi connectivity index (χ0) is 20.4. The summed E-state index contributed by atoms with van der Waals surface area (Å²) in [5.41, 5.74) is 5.27. The molecule has 1 amide bonds. The van der Waals surface area contributed by atoms with E-state index in [0.29, 0.717) is 10.0 Å². The van der Waals surface area contributed by atoms with Crippen molar-refractivity contribution in [2.24, 2.45) is 0 Å². The smallest absolute Gasteiger partial charge is 0.269 e. The third-order valence-corrected chi connectivity index (χ3v) is 7.22. The number of thiazole rings is 2. The van der Waals surface area contributed by atoms with Crippen LogP contribution in [0, 0.1) is 20.8 Å². The average Bonchev–Trinajstić information content (AvgIpc) is 3.29. The topological polar surface area (TPSA) is 58.1 Å². The van der Waals surface area contributed by atoms with Crippen LogP contribution in [0.4, 0.5) is 5.13 Å². The van der Waals surface area contributed by atoms with Gasteiger partial charge in [0.25, 0.3) is 5.91 Å². The van der Waals surface area contributed by atoms with E-state index in [2.05, 4.69) is 52.2 Å². The molecule has 3 heterocycles. The summed E-state index contributed by atoms with van der Waals surface area (Å²) in [6.07, 6.45) is 3.86. The molecule has 1 fully saturated rings. The van der Waals surface area contributed by atoms with Gasteiger partial charge in [0, 0.05) is 17.5 Å². The molecular weight excluding hydrogens is 400 g/mol. The number of carbonyl (C=O) groups excluding carboxylic acids is 1. The summed E-state index contributed by atoms with van der Waals surface area (Å²) in [6.45, 7) is 9.19. The maximum absolute atomic E-state index is 12.8. The molecule has 0 atom stereocenters. The fourth-order valence-electron chi connectivity index (χ4n) is 3.71. The third-order valence-electron chi connectivity index (χ3n) is 5.22. The number of hydrogen-bond donors (Lipinski definition) is 1. The number of benzene rings is 1. The van der Waals surface area contributed by atoms with E-state index in [-0.39, 0.29) is 5.91 Å². The highest BCUT2D eigenvalue weighted by Crippen LogP contribution is 2.31. The maximum Gasteiger partial charge on any atom is 0.269 e. The van der Waals surface area contributed by atoms with Crippen LogP contribution in [0.2, 0.25) is 0 Å². The van der Waals surface area contributed by atoms with Gasteiger partial charge in [0.1, 0.15) is 9.88 Å². The minimum atomic E-state index is -0.130. The van der Waals surface area contributed by atoms with Gasteiger partial charge in [0.2, 0.25) is 0 Å². The van der Waals surface area contributed by atoms with E-state index in [0.717, 1.165) is 41.6 Å². The van der Waals surface area contributed by atoms with Gasteiger partial charge in [-0.05, 0) is 52.3 Å². The molecule has 1 saturated heterocycles. The first-order valence-electron chi connectivity index (χ1n) is 10.0. The lowest BCUT2D eigenvalue weighted by Gasteiger charge is -2.25. The largest absolute Gasteiger partial charge is 0.297 e. The van der Waals surface area contributed by atoms with Crippen molar-refractivity contribution in [1.29, 1.82) is 0 Å². The number of aromatic nitrogens is 2. The molecule has 3 aromatic rings. The first-order valence-corrected chi connectivity index (χ1v) is 11.7. The summed E-state index contributed by atoms with van der Waals surface area (Å²) in [4.78, 5) is 25.2. The number of rotatable bonds is 5.